The van der Waals surface area contributed by atoms with E-state index in [0.717, 1.165) is 16.2 Å². The van der Waals surface area contributed by atoms with Gasteiger partial charge < -0.3 is 14.8 Å². The van der Waals surface area contributed by atoms with E-state index in [4.69, 9.17) is 9.47 Å². The van der Waals surface area contributed by atoms with E-state index in [-0.39, 0.29) is 17.2 Å². The summed E-state index contributed by atoms with van der Waals surface area (Å²) in [6.07, 6.45) is 1.45. The average Bonchev–Trinajstić information content (AvgIpc) is 3.28. The molecule has 0 saturated heterocycles. The van der Waals surface area contributed by atoms with Crippen LogP contribution in [0.1, 0.15) is 0 Å². The number of thioether (sulfide) groups is 1. The summed E-state index contributed by atoms with van der Waals surface area (Å²) in [6, 6.07) is 12.5. The van der Waals surface area contributed by atoms with E-state index in [2.05, 4.69) is 36.4 Å². The van der Waals surface area contributed by atoms with Crippen molar-refractivity contribution < 1.29 is 14.3 Å². The van der Waals surface area contributed by atoms with Crippen LogP contribution in [0, 0.1) is 0 Å². The molecule has 0 atom stereocenters. The van der Waals surface area contributed by atoms with E-state index < -0.39 is 0 Å². The fraction of sp³-hybridized carbons (Fsp3) is 0.143. The predicted octanol–water partition coefficient (Wildman–Crippen LogP) is 3.37. The second-order valence-corrected chi connectivity index (χ2v) is 8.70. The Bertz CT molecular complexity index is 1370. The molecular formula is C21H16BrN5O4S. The maximum Gasteiger partial charge on any atom is 0.269 e. The number of ether oxygens (including phenoxy) is 2. The number of H-pyrrole nitrogens is 1. The molecule has 0 spiro atoms. The van der Waals surface area contributed by atoms with Gasteiger partial charge in [0.25, 0.3) is 5.56 Å². The topological polar surface area (TPSA) is 111 Å². The van der Waals surface area contributed by atoms with Crippen molar-refractivity contribution in [2.75, 3.05) is 24.3 Å². The van der Waals surface area contributed by atoms with Crippen molar-refractivity contribution in [1.29, 1.82) is 0 Å². The SMILES string of the molecule is O=C(CSc1nc2[nH]ncc2c(=O)n1-c1ccc(Br)cc1)Nc1ccc2c(c1)OCCO2. The fourth-order valence-electron chi connectivity index (χ4n) is 3.24. The Kier molecular flexibility index (Phi) is 5.58. The van der Waals surface area contributed by atoms with E-state index >= 15 is 0 Å². The highest BCUT2D eigenvalue weighted by molar-refractivity contribution is 9.10. The maximum absolute atomic E-state index is 13.1. The van der Waals surface area contributed by atoms with Gasteiger partial charge in [0.05, 0.1) is 17.6 Å². The molecule has 0 unspecified atom stereocenters. The Morgan fingerprint density at radius 1 is 1.16 bits per heavy atom. The first-order valence-electron chi connectivity index (χ1n) is 9.63. The van der Waals surface area contributed by atoms with Crippen LogP contribution in [0.15, 0.2) is 63.1 Å². The zero-order valence-corrected chi connectivity index (χ0v) is 18.9. The molecule has 0 aliphatic carbocycles. The number of hydrogen-bond acceptors (Lipinski definition) is 7. The monoisotopic (exact) mass is 513 g/mol. The number of carbonyl (C=O) groups is 1. The molecule has 2 aromatic carbocycles. The molecule has 4 aromatic rings. The fourth-order valence-corrected chi connectivity index (χ4v) is 4.31. The Balaban J connectivity index is 1.39. The molecule has 9 nitrogen and oxygen atoms in total. The van der Waals surface area contributed by atoms with Crippen LogP contribution in [0.2, 0.25) is 0 Å². The van der Waals surface area contributed by atoms with Crippen molar-refractivity contribution in [2.45, 2.75) is 5.16 Å². The summed E-state index contributed by atoms with van der Waals surface area (Å²) in [5, 5.41) is 10.2. The van der Waals surface area contributed by atoms with Crippen molar-refractivity contribution in [3.63, 3.8) is 0 Å². The molecule has 2 N–H and O–H groups in total. The molecule has 32 heavy (non-hydrogen) atoms. The number of halogens is 1. The number of nitrogens with zero attached hydrogens (tertiary/aromatic N) is 3. The van der Waals surface area contributed by atoms with Gasteiger partial charge in [-0.15, -0.1) is 0 Å². The Morgan fingerprint density at radius 2 is 1.94 bits per heavy atom. The summed E-state index contributed by atoms with van der Waals surface area (Å²) in [4.78, 5) is 30.2. The van der Waals surface area contributed by atoms with E-state index in [1.54, 1.807) is 30.3 Å². The summed E-state index contributed by atoms with van der Waals surface area (Å²) < 4.78 is 13.4. The molecule has 1 aliphatic rings. The van der Waals surface area contributed by atoms with Crippen LogP contribution in [-0.2, 0) is 4.79 Å². The number of hydrogen-bond donors (Lipinski definition) is 2. The highest BCUT2D eigenvalue weighted by Crippen LogP contribution is 2.32. The Hall–Kier alpha value is -3.31. The van der Waals surface area contributed by atoms with E-state index in [9.17, 15) is 9.59 Å². The lowest BCUT2D eigenvalue weighted by Gasteiger charge is -2.19. The molecule has 2 aromatic heterocycles. The maximum atomic E-state index is 13.1. The summed E-state index contributed by atoms with van der Waals surface area (Å²) in [6.45, 7) is 0.971. The molecule has 11 heteroatoms. The smallest absolute Gasteiger partial charge is 0.269 e. The van der Waals surface area contributed by atoms with Gasteiger partial charge in [0.2, 0.25) is 5.91 Å². The zero-order chi connectivity index (χ0) is 22.1. The minimum Gasteiger partial charge on any atom is -0.486 e. The molecule has 0 bridgehead atoms. The standard InChI is InChI=1S/C21H16BrN5O4S/c22-12-1-4-14(5-2-12)27-20(29)15-10-23-26-19(15)25-21(27)32-11-18(28)24-13-3-6-16-17(9-13)31-8-7-30-16/h1-6,9-10H,7-8,11H2,(H,23,26)(H,24,28). The van der Waals surface area contributed by atoms with Gasteiger partial charge in [-0.2, -0.15) is 5.10 Å². The number of anilines is 1. The minimum absolute atomic E-state index is 0.0526. The Labute approximate surface area is 194 Å². The molecular weight excluding hydrogens is 498 g/mol. The van der Waals surface area contributed by atoms with Gasteiger partial charge in [-0.25, -0.2) is 4.98 Å². The average molecular weight is 514 g/mol. The van der Waals surface area contributed by atoms with Crippen molar-refractivity contribution in [3.8, 4) is 17.2 Å². The first-order valence-corrected chi connectivity index (χ1v) is 11.4. The van der Waals surface area contributed by atoms with Crippen LogP contribution in [0.4, 0.5) is 5.69 Å². The molecule has 5 rings (SSSR count). The number of nitrogens with one attached hydrogen (secondary N) is 2. The zero-order valence-electron chi connectivity index (χ0n) is 16.5. The van der Waals surface area contributed by atoms with Gasteiger partial charge in [-0.3, -0.25) is 19.3 Å². The van der Waals surface area contributed by atoms with Crippen molar-refractivity contribution in [2.24, 2.45) is 0 Å². The van der Waals surface area contributed by atoms with Gasteiger partial charge in [0.1, 0.15) is 18.6 Å². The van der Waals surface area contributed by atoms with E-state index in [1.165, 1.54) is 10.8 Å². The summed E-state index contributed by atoms with van der Waals surface area (Å²) in [5.41, 5.74) is 1.35. The van der Waals surface area contributed by atoms with Crippen LogP contribution < -0.4 is 20.3 Å². The lowest BCUT2D eigenvalue weighted by atomic mass is 10.2. The summed E-state index contributed by atoms with van der Waals surface area (Å²) in [7, 11) is 0. The lowest BCUT2D eigenvalue weighted by molar-refractivity contribution is -0.113. The van der Waals surface area contributed by atoms with Crippen LogP contribution in [0.3, 0.4) is 0 Å². The molecule has 3 heterocycles. The molecule has 1 aliphatic heterocycles. The molecule has 0 radical (unpaired) electrons. The number of fused-ring (bicyclic) bond motifs is 2. The number of rotatable bonds is 5. The van der Waals surface area contributed by atoms with Crippen LogP contribution in [0.25, 0.3) is 16.7 Å². The minimum atomic E-state index is -0.263. The second-order valence-electron chi connectivity index (χ2n) is 6.84. The van der Waals surface area contributed by atoms with Crippen LogP contribution >= 0.6 is 27.7 Å². The van der Waals surface area contributed by atoms with Crippen LogP contribution in [-0.4, -0.2) is 44.6 Å². The number of aromatic nitrogens is 4. The van der Waals surface area contributed by atoms with Crippen molar-refractivity contribution in [3.05, 3.63) is 63.5 Å². The van der Waals surface area contributed by atoms with Gasteiger partial charge in [-0.1, -0.05) is 27.7 Å². The third kappa shape index (κ3) is 4.08. The normalized spacial score (nSPS) is 12.7. The molecule has 1 amide bonds. The summed E-state index contributed by atoms with van der Waals surface area (Å²) in [5.74, 6) is 1.06. The van der Waals surface area contributed by atoms with Gasteiger partial charge in [0.15, 0.2) is 22.3 Å². The van der Waals surface area contributed by atoms with Crippen molar-refractivity contribution in [1.82, 2.24) is 19.7 Å². The third-order valence-corrected chi connectivity index (χ3v) is 6.16. The summed E-state index contributed by atoms with van der Waals surface area (Å²) >= 11 is 4.56. The molecule has 0 saturated carbocycles. The van der Waals surface area contributed by atoms with Gasteiger partial charge in [0, 0.05) is 16.2 Å². The van der Waals surface area contributed by atoms with Gasteiger partial charge in [-0.05, 0) is 36.4 Å². The van der Waals surface area contributed by atoms with Crippen molar-refractivity contribution >= 4 is 50.3 Å². The van der Waals surface area contributed by atoms with Gasteiger partial charge >= 0.3 is 0 Å². The number of benzene rings is 2. The number of carbonyl (C=O) groups excluding carboxylic acids is 1. The first kappa shape index (κ1) is 20.6. The predicted molar refractivity (Wildman–Crippen MR) is 124 cm³/mol. The second kappa shape index (κ2) is 8.67. The van der Waals surface area contributed by atoms with E-state index in [0.29, 0.717) is 52.3 Å². The largest absolute Gasteiger partial charge is 0.486 e. The molecule has 0 fully saturated rings. The first-order chi connectivity index (χ1) is 15.6. The van der Waals surface area contributed by atoms with Crippen LogP contribution in [0.5, 0.6) is 11.5 Å². The quantitative estimate of drug-likeness (QED) is 0.310. The third-order valence-electron chi connectivity index (χ3n) is 4.69. The van der Waals surface area contributed by atoms with E-state index in [1.807, 2.05) is 12.1 Å². The highest BCUT2D eigenvalue weighted by Gasteiger charge is 2.17. The number of aromatic amines is 1. The lowest BCUT2D eigenvalue weighted by Crippen LogP contribution is -2.22. The number of amides is 1. The Morgan fingerprint density at radius 3 is 2.75 bits per heavy atom. The molecule has 162 valence electrons. The highest BCUT2D eigenvalue weighted by atomic mass is 79.9.